The molecule has 0 unspecified atom stereocenters. The van der Waals surface area contributed by atoms with E-state index in [1.54, 1.807) is 11.4 Å². The number of Topliss-reactive ketones (excluding diaryl/α,β-unsaturated/α-hetero) is 1. The first-order valence-electron chi connectivity index (χ1n) is 4.83. The van der Waals surface area contributed by atoms with Gasteiger partial charge in [0, 0.05) is 16.6 Å². The van der Waals surface area contributed by atoms with Crippen molar-refractivity contribution < 1.29 is 14.4 Å². The predicted molar refractivity (Wildman–Crippen MR) is 70.5 cm³/mol. The Bertz CT molecular complexity index is 470. The smallest absolute Gasteiger partial charge is 0.288 e. The van der Waals surface area contributed by atoms with Crippen molar-refractivity contribution in [3.8, 4) is 0 Å². The van der Waals surface area contributed by atoms with Gasteiger partial charge in [-0.1, -0.05) is 11.8 Å². The third-order valence-electron chi connectivity index (χ3n) is 2.24. The molecule has 2 heterocycles. The van der Waals surface area contributed by atoms with E-state index in [4.69, 9.17) is 0 Å². The molecule has 4 nitrogen and oxygen atoms in total. The second kappa shape index (κ2) is 5.32. The van der Waals surface area contributed by atoms with Crippen LogP contribution in [0.3, 0.4) is 0 Å². The first-order chi connectivity index (χ1) is 8.09. The van der Waals surface area contributed by atoms with Crippen LogP contribution in [0.4, 0.5) is 4.79 Å². The lowest BCUT2D eigenvalue weighted by Crippen LogP contribution is -2.41. The molecule has 0 aliphatic carbocycles. The SMILES string of the molecule is O=C(CN1C(=O)CCSC1=O)c1sccc1Br. The van der Waals surface area contributed by atoms with Crippen LogP contribution in [-0.4, -0.2) is 34.1 Å². The molecular formula is C10H8BrNO3S2. The Morgan fingerprint density at radius 2 is 2.24 bits per heavy atom. The Kier molecular flexibility index (Phi) is 4.01. The molecule has 90 valence electrons. The Morgan fingerprint density at radius 1 is 1.47 bits per heavy atom. The highest BCUT2D eigenvalue weighted by Gasteiger charge is 2.29. The molecule has 0 aromatic carbocycles. The lowest BCUT2D eigenvalue weighted by Gasteiger charge is -2.23. The van der Waals surface area contributed by atoms with Crippen molar-refractivity contribution in [2.45, 2.75) is 6.42 Å². The van der Waals surface area contributed by atoms with Gasteiger partial charge in [0.25, 0.3) is 5.24 Å². The molecule has 1 saturated heterocycles. The summed E-state index contributed by atoms with van der Waals surface area (Å²) in [5, 5.41) is 1.45. The highest BCUT2D eigenvalue weighted by molar-refractivity contribution is 9.10. The minimum atomic E-state index is -0.331. The molecule has 7 heteroatoms. The Hall–Kier alpha value is -0.660. The molecule has 2 amide bonds. The van der Waals surface area contributed by atoms with Gasteiger partial charge < -0.3 is 0 Å². The van der Waals surface area contributed by atoms with Crippen LogP contribution in [0.25, 0.3) is 0 Å². The number of halogens is 1. The molecule has 0 spiro atoms. The molecule has 17 heavy (non-hydrogen) atoms. The number of carbonyl (C=O) groups is 3. The summed E-state index contributed by atoms with van der Waals surface area (Å²) >= 11 is 5.63. The van der Waals surface area contributed by atoms with E-state index in [0.29, 0.717) is 21.5 Å². The maximum Gasteiger partial charge on any atom is 0.288 e. The molecule has 0 radical (unpaired) electrons. The molecule has 1 aliphatic heterocycles. The number of rotatable bonds is 3. The first kappa shape index (κ1) is 12.8. The molecule has 0 saturated carbocycles. The van der Waals surface area contributed by atoms with Crippen molar-refractivity contribution >= 4 is 56.0 Å². The van der Waals surface area contributed by atoms with Crippen LogP contribution in [0.15, 0.2) is 15.9 Å². The number of thioether (sulfide) groups is 1. The second-order valence-corrected chi connectivity index (χ2v) is 6.18. The lowest BCUT2D eigenvalue weighted by atomic mass is 10.3. The van der Waals surface area contributed by atoms with Crippen LogP contribution in [0.1, 0.15) is 16.1 Å². The fourth-order valence-corrected chi connectivity index (χ4v) is 3.70. The normalized spacial score (nSPS) is 16.4. The van der Waals surface area contributed by atoms with Gasteiger partial charge >= 0.3 is 0 Å². The van der Waals surface area contributed by atoms with Gasteiger partial charge in [-0.25, -0.2) is 0 Å². The van der Waals surface area contributed by atoms with E-state index < -0.39 is 0 Å². The third-order valence-corrected chi connectivity index (χ3v) is 4.99. The van der Waals surface area contributed by atoms with E-state index >= 15 is 0 Å². The molecule has 0 N–H and O–H groups in total. The first-order valence-corrected chi connectivity index (χ1v) is 7.48. The number of carbonyl (C=O) groups excluding carboxylic acids is 3. The van der Waals surface area contributed by atoms with E-state index in [0.717, 1.165) is 16.7 Å². The van der Waals surface area contributed by atoms with Gasteiger partial charge in [0.2, 0.25) is 5.91 Å². The molecule has 2 rings (SSSR count). The highest BCUT2D eigenvalue weighted by Crippen LogP contribution is 2.25. The lowest BCUT2D eigenvalue weighted by molar-refractivity contribution is -0.127. The van der Waals surface area contributed by atoms with E-state index in [1.165, 1.54) is 11.3 Å². The molecule has 1 aliphatic rings. The van der Waals surface area contributed by atoms with Crippen LogP contribution < -0.4 is 0 Å². The summed E-state index contributed by atoms with van der Waals surface area (Å²) in [4.78, 5) is 36.5. The van der Waals surface area contributed by atoms with Crippen molar-refractivity contribution in [3.05, 3.63) is 20.8 Å². The number of hydrogen-bond acceptors (Lipinski definition) is 5. The Balaban J connectivity index is 2.10. The summed E-state index contributed by atoms with van der Waals surface area (Å²) in [6.07, 6.45) is 0.315. The van der Waals surface area contributed by atoms with Crippen molar-refractivity contribution in [1.29, 1.82) is 0 Å². The molecule has 1 fully saturated rings. The fraction of sp³-hybridized carbons (Fsp3) is 0.300. The highest BCUT2D eigenvalue weighted by atomic mass is 79.9. The predicted octanol–water partition coefficient (Wildman–Crippen LogP) is 2.78. The topological polar surface area (TPSA) is 54.5 Å². The zero-order valence-electron chi connectivity index (χ0n) is 8.64. The second-order valence-electron chi connectivity index (χ2n) is 3.37. The van der Waals surface area contributed by atoms with Crippen molar-refractivity contribution in [1.82, 2.24) is 4.90 Å². The monoisotopic (exact) mass is 333 g/mol. The average Bonchev–Trinajstić information content (AvgIpc) is 2.70. The van der Waals surface area contributed by atoms with Gasteiger partial charge in [0.15, 0.2) is 5.78 Å². The molecule has 1 aromatic heterocycles. The van der Waals surface area contributed by atoms with Gasteiger partial charge in [0.05, 0.1) is 11.4 Å². The largest absolute Gasteiger partial charge is 0.291 e. The van der Waals surface area contributed by atoms with Gasteiger partial charge in [-0.15, -0.1) is 11.3 Å². The summed E-state index contributed by atoms with van der Waals surface area (Å²) in [7, 11) is 0. The number of hydrogen-bond donors (Lipinski definition) is 0. The third kappa shape index (κ3) is 2.78. The summed E-state index contributed by atoms with van der Waals surface area (Å²) < 4.78 is 0.706. The van der Waals surface area contributed by atoms with Crippen molar-refractivity contribution in [2.24, 2.45) is 0 Å². The van der Waals surface area contributed by atoms with Crippen molar-refractivity contribution in [2.75, 3.05) is 12.3 Å². The summed E-state index contributed by atoms with van der Waals surface area (Å²) in [6.45, 7) is -0.163. The quantitative estimate of drug-likeness (QED) is 0.798. The zero-order valence-corrected chi connectivity index (χ0v) is 11.9. The van der Waals surface area contributed by atoms with E-state index in [1.807, 2.05) is 0 Å². The number of amides is 2. The Morgan fingerprint density at radius 3 is 2.82 bits per heavy atom. The van der Waals surface area contributed by atoms with Crippen LogP contribution in [0, 0.1) is 0 Å². The molecule has 0 atom stereocenters. The van der Waals surface area contributed by atoms with Crippen LogP contribution in [0.5, 0.6) is 0 Å². The van der Waals surface area contributed by atoms with E-state index in [-0.39, 0.29) is 23.5 Å². The minimum Gasteiger partial charge on any atom is -0.291 e. The van der Waals surface area contributed by atoms with Gasteiger partial charge in [-0.3, -0.25) is 19.3 Å². The summed E-state index contributed by atoms with van der Waals surface area (Å²) in [5.41, 5.74) is 0. The summed E-state index contributed by atoms with van der Waals surface area (Å²) in [5.74, 6) is 0.0243. The van der Waals surface area contributed by atoms with Crippen molar-refractivity contribution in [3.63, 3.8) is 0 Å². The van der Waals surface area contributed by atoms with E-state index in [9.17, 15) is 14.4 Å². The number of imide groups is 1. The Labute approximate surface area is 114 Å². The molecular weight excluding hydrogens is 326 g/mol. The molecule has 0 bridgehead atoms. The van der Waals surface area contributed by atoms with Gasteiger partial charge in [0.1, 0.15) is 0 Å². The van der Waals surface area contributed by atoms with Gasteiger partial charge in [-0.2, -0.15) is 0 Å². The standard InChI is InChI=1S/C10H8BrNO3S2/c11-6-1-3-16-9(6)7(13)5-12-8(14)2-4-17-10(12)15/h1,3H,2,4-5H2. The number of nitrogens with zero attached hydrogens (tertiary/aromatic N) is 1. The molecule has 1 aromatic rings. The van der Waals surface area contributed by atoms with Crippen LogP contribution in [-0.2, 0) is 4.79 Å². The summed E-state index contributed by atoms with van der Waals surface area (Å²) in [6, 6.07) is 1.77. The zero-order chi connectivity index (χ0) is 12.4. The average molecular weight is 334 g/mol. The number of ketones is 1. The van der Waals surface area contributed by atoms with E-state index in [2.05, 4.69) is 15.9 Å². The van der Waals surface area contributed by atoms with Crippen LogP contribution in [0.2, 0.25) is 0 Å². The van der Waals surface area contributed by atoms with Crippen LogP contribution >= 0.6 is 39.0 Å². The number of thiophene rings is 1. The maximum atomic E-state index is 11.9. The fourth-order valence-electron chi connectivity index (χ4n) is 1.40. The minimum absolute atomic E-state index is 0.163. The maximum absolute atomic E-state index is 11.9. The van der Waals surface area contributed by atoms with Gasteiger partial charge in [-0.05, 0) is 27.4 Å².